The van der Waals surface area contributed by atoms with Crippen LogP contribution in [0.4, 0.5) is 10.5 Å². The molecule has 158 valence electrons. The summed E-state index contributed by atoms with van der Waals surface area (Å²) in [7, 11) is 0. The molecule has 2 amide bonds. The van der Waals surface area contributed by atoms with Crippen LogP contribution in [0.25, 0.3) is 0 Å². The molecule has 2 fully saturated rings. The number of likely N-dealkylation sites (tertiary alicyclic amines) is 1. The van der Waals surface area contributed by atoms with E-state index in [1.165, 1.54) is 0 Å². The number of carboxylic acids is 1. The summed E-state index contributed by atoms with van der Waals surface area (Å²) in [6, 6.07) is 17.2. The predicted octanol–water partition coefficient (Wildman–Crippen LogP) is 3.70. The minimum Gasteiger partial charge on any atom is -0.481 e. The van der Waals surface area contributed by atoms with Gasteiger partial charge in [0, 0.05) is 50.0 Å². The fourth-order valence-corrected chi connectivity index (χ4v) is 4.60. The molecule has 0 unspecified atom stereocenters. The average Bonchev–Trinajstić information content (AvgIpc) is 2.80. The fraction of sp³-hybridized carbons (Fsp3) is 0.391. The molecule has 2 aromatic carbocycles. The fourth-order valence-electron chi connectivity index (χ4n) is 4.47. The summed E-state index contributed by atoms with van der Waals surface area (Å²) in [4.78, 5) is 31.1. The third-order valence-electron chi connectivity index (χ3n) is 6.37. The van der Waals surface area contributed by atoms with Crippen molar-refractivity contribution in [2.75, 3.05) is 44.2 Å². The van der Waals surface area contributed by atoms with Gasteiger partial charge in [0.05, 0.1) is 5.41 Å². The number of piperidine rings is 1. The molecule has 2 heterocycles. The number of carbonyl (C=O) groups is 2. The standard InChI is InChI=1S/C23H26ClN3O3/c24-19-6-8-20(9-7-19)25-14-16-27(17-15-25)22(30)26-12-10-23(11-13-26,21(28)29)18-4-2-1-3-5-18/h1-9H,10-17H2,(H,28,29). The van der Waals surface area contributed by atoms with Crippen LogP contribution in [0.3, 0.4) is 0 Å². The Labute approximate surface area is 181 Å². The molecule has 6 nitrogen and oxygen atoms in total. The average molecular weight is 428 g/mol. The van der Waals surface area contributed by atoms with Gasteiger partial charge in [0.25, 0.3) is 0 Å². The molecule has 1 N–H and O–H groups in total. The summed E-state index contributed by atoms with van der Waals surface area (Å²) in [6.45, 7) is 3.75. The number of carbonyl (C=O) groups excluding carboxylic acids is 1. The molecule has 2 aromatic rings. The van der Waals surface area contributed by atoms with Gasteiger partial charge >= 0.3 is 12.0 Å². The van der Waals surface area contributed by atoms with Crippen molar-refractivity contribution in [3.05, 3.63) is 65.2 Å². The molecular formula is C23H26ClN3O3. The quantitative estimate of drug-likeness (QED) is 0.811. The largest absolute Gasteiger partial charge is 0.481 e. The zero-order valence-corrected chi connectivity index (χ0v) is 17.6. The summed E-state index contributed by atoms with van der Waals surface area (Å²) in [6.07, 6.45) is 0.867. The van der Waals surface area contributed by atoms with Crippen molar-refractivity contribution in [2.45, 2.75) is 18.3 Å². The number of amides is 2. The number of aliphatic carboxylic acids is 1. The SMILES string of the molecule is O=C(N1CCN(c2ccc(Cl)cc2)CC1)N1CCC(C(=O)O)(c2ccccc2)CC1. The number of rotatable bonds is 3. The van der Waals surface area contributed by atoms with Gasteiger partial charge in [-0.1, -0.05) is 41.9 Å². The van der Waals surface area contributed by atoms with E-state index in [9.17, 15) is 14.7 Å². The van der Waals surface area contributed by atoms with Crippen LogP contribution in [0, 0.1) is 0 Å². The molecule has 30 heavy (non-hydrogen) atoms. The molecule has 7 heteroatoms. The maximum Gasteiger partial charge on any atom is 0.320 e. The van der Waals surface area contributed by atoms with Crippen molar-refractivity contribution >= 4 is 29.3 Å². The van der Waals surface area contributed by atoms with E-state index in [0.717, 1.165) is 24.3 Å². The van der Waals surface area contributed by atoms with Gasteiger partial charge in [-0.2, -0.15) is 0 Å². The third kappa shape index (κ3) is 3.97. The number of carboxylic acid groups (broad SMARTS) is 1. The number of benzene rings is 2. The zero-order valence-electron chi connectivity index (χ0n) is 16.8. The molecule has 0 aliphatic carbocycles. The Morgan fingerprint density at radius 3 is 1.93 bits per heavy atom. The van der Waals surface area contributed by atoms with E-state index in [4.69, 9.17) is 11.6 Å². The highest BCUT2D eigenvalue weighted by molar-refractivity contribution is 6.30. The number of urea groups is 1. The molecule has 0 saturated carbocycles. The maximum absolute atomic E-state index is 13.0. The Balaban J connectivity index is 1.36. The van der Waals surface area contributed by atoms with Gasteiger partial charge < -0.3 is 19.8 Å². The van der Waals surface area contributed by atoms with Gasteiger partial charge in [0.2, 0.25) is 0 Å². The van der Waals surface area contributed by atoms with Crippen molar-refractivity contribution in [3.8, 4) is 0 Å². The smallest absolute Gasteiger partial charge is 0.320 e. The lowest BCUT2D eigenvalue weighted by molar-refractivity contribution is -0.145. The Kier molecular flexibility index (Phi) is 5.86. The second-order valence-corrected chi connectivity index (χ2v) is 8.41. The summed E-state index contributed by atoms with van der Waals surface area (Å²) in [5.41, 5.74) is 1.02. The first-order chi connectivity index (χ1) is 14.5. The highest BCUT2D eigenvalue weighted by Gasteiger charge is 2.44. The number of hydrogen-bond acceptors (Lipinski definition) is 3. The minimum atomic E-state index is -0.911. The second kappa shape index (κ2) is 8.56. The lowest BCUT2D eigenvalue weighted by atomic mass is 9.73. The van der Waals surface area contributed by atoms with Crippen molar-refractivity contribution in [2.24, 2.45) is 0 Å². The molecular weight excluding hydrogens is 402 g/mol. The minimum absolute atomic E-state index is 0.0119. The van der Waals surface area contributed by atoms with Gasteiger partial charge in [0.15, 0.2) is 0 Å². The van der Waals surface area contributed by atoms with Crippen LogP contribution in [0.15, 0.2) is 54.6 Å². The summed E-state index contributed by atoms with van der Waals surface area (Å²) >= 11 is 5.97. The van der Waals surface area contributed by atoms with Crippen LogP contribution >= 0.6 is 11.6 Å². The van der Waals surface area contributed by atoms with Gasteiger partial charge in [-0.15, -0.1) is 0 Å². The maximum atomic E-state index is 13.0. The first-order valence-corrected chi connectivity index (χ1v) is 10.7. The topological polar surface area (TPSA) is 64.1 Å². The van der Waals surface area contributed by atoms with Crippen LogP contribution < -0.4 is 4.90 Å². The van der Waals surface area contributed by atoms with Crippen molar-refractivity contribution < 1.29 is 14.7 Å². The van der Waals surface area contributed by atoms with Gasteiger partial charge in [-0.05, 0) is 42.7 Å². The van der Waals surface area contributed by atoms with Crippen molar-refractivity contribution in [1.82, 2.24) is 9.80 Å². The monoisotopic (exact) mass is 427 g/mol. The third-order valence-corrected chi connectivity index (χ3v) is 6.62. The van der Waals surface area contributed by atoms with E-state index in [0.29, 0.717) is 44.0 Å². The Hall–Kier alpha value is -2.73. The highest BCUT2D eigenvalue weighted by Crippen LogP contribution is 2.36. The Morgan fingerprint density at radius 1 is 0.800 bits per heavy atom. The molecule has 4 rings (SSSR count). The zero-order chi connectivity index (χ0) is 21.1. The first-order valence-electron chi connectivity index (χ1n) is 10.3. The number of anilines is 1. The lowest BCUT2D eigenvalue weighted by Crippen LogP contribution is -2.56. The molecule has 0 atom stereocenters. The summed E-state index contributed by atoms with van der Waals surface area (Å²) < 4.78 is 0. The van der Waals surface area contributed by atoms with Crippen LogP contribution in [0.2, 0.25) is 5.02 Å². The van der Waals surface area contributed by atoms with E-state index in [-0.39, 0.29) is 6.03 Å². The Morgan fingerprint density at radius 2 is 1.37 bits per heavy atom. The molecule has 0 bridgehead atoms. The molecule has 2 aliphatic rings. The van der Waals surface area contributed by atoms with Crippen molar-refractivity contribution in [1.29, 1.82) is 0 Å². The molecule has 0 spiro atoms. The highest BCUT2D eigenvalue weighted by atomic mass is 35.5. The Bertz CT molecular complexity index is 888. The van der Waals surface area contributed by atoms with E-state index < -0.39 is 11.4 Å². The van der Waals surface area contributed by atoms with Gasteiger partial charge in [-0.25, -0.2) is 4.79 Å². The second-order valence-electron chi connectivity index (χ2n) is 7.97. The van der Waals surface area contributed by atoms with Crippen LogP contribution in [0.5, 0.6) is 0 Å². The van der Waals surface area contributed by atoms with E-state index in [2.05, 4.69) is 4.90 Å². The summed E-state index contributed by atoms with van der Waals surface area (Å²) in [5, 5.41) is 10.7. The number of nitrogens with zero attached hydrogens (tertiary/aromatic N) is 3. The lowest BCUT2D eigenvalue weighted by Gasteiger charge is -2.43. The molecule has 2 saturated heterocycles. The predicted molar refractivity (Wildman–Crippen MR) is 117 cm³/mol. The molecule has 0 aromatic heterocycles. The van der Waals surface area contributed by atoms with Crippen LogP contribution in [-0.4, -0.2) is 66.2 Å². The normalized spacial score (nSPS) is 18.9. The van der Waals surface area contributed by atoms with Gasteiger partial charge in [-0.3, -0.25) is 4.79 Å². The van der Waals surface area contributed by atoms with E-state index in [1.54, 1.807) is 0 Å². The van der Waals surface area contributed by atoms with Crippen LogP contribution in [0.1, 0.15) is 18.4 Å². The molecule has 0 radical (unpaired) electrons. The number of hydrogen-bond donors (Lipinski definition) is 1. The summed E-state index contributed by atoms with van der Waals surface area (Å²) in [5.74, 6) is -0.808. The van der Waals surface area contributed by atoms with Crippen LogP contribution in [-0.2, 0) is 10.2 Å². The number of piperazine rings is 1. The van der Waals surface area contributed by atoms with Gasteiger partial charge in [0.1, 0.15) is 0 Å². The molecule has 2 aliphatic heterocycles. The first kappa shape index (κ1) is 20.5. The van der Waals surface area contributed by atoms with Crippen molar-refractivity contribution in [3.63, 3.8) is 0 Å². The van der Waals surface area contributed by atoms with E-state index >= 15 is 0 Å². The van der Waals surface area contributed by atoms with E-state index in [1.807, 2.05) is 64.4 Å². The number of halogens is 1.